The Morgan fingerprint density at radius 3 is 2.73 bits per heavy atom. The summed E-state index contributed by atoms with van der Waals surface area (Å²) >= 11 is 1.75. The second-order valence-corrected chi connectivity index (χ2v) is 7.80. The summed E-state index contributed by atoms with van der Waals surface area (Å²) in [5.41, 5.74) is 2.00. The minimum atomic E-state index is 0.0909. The van der Waals surface area contributed by atoms with Crippen LogP contribution in [0.15, 0.2) is 42.6 Å². The van der Waals surface area contributed by atoms with Crippen molar-refractivity contribution in [2.45, 2.75) is 19.4 Å². The fourth-order valence-corrected chi connectivity index (χ4v) is 4.49. The molecule has 1 aliphatic heterocycles. The van der Waals surface area contributed by atoms with Crippen molar-refractivity contribution in [2.24, 2.45) is 0 Å². The van der Waals surface area contributed by atoms with Gasteiger partial charge in [-0.25, -0.2) is 9.97 Å². The van der Waals surface area contributed by atoms with Crippen LogP contribution < -0.4 is 4.90 Å². The zero-order chi connectivity index (χ0) is 17.8. The maximum atomic E-state index is 9.25. The molecular weight excluding hydrogens is 344 g/mol. The van der Waals surface area contributed by atoms with Crippen molar-refractivity contribution in [3.05, 3.63) is 53.2 Å². The maximum absolute atomic E-state index is 9.25. The first kappa shape index (κ1) is 17.4. The number of rotatable bonds is 6. The Kier molecular flexibility index (Phi) is 5.43. The van der Waals surface area contributed by atoms with Gasteiger partial charge in [-0.3, -0.25) is 4.90 Å². The fourth-order valence-electron chi connectivity index (χ4n) is 3.42. The lowest BCUT2D eigenvalue weighted by molar-refractivity contribution is 0.254. The molecule has 26 heavy (non-hydrogen) atoms. The van der Waals surface area contributed by atoms with Crippen LogP contribution in [-0.2, 0) is 13.0 Å². The predicted molar refractivity (Wildman–Crippen MR) is 107 cm³/mol. The van der Waals surface area contributed by atoms with E-state index >= 15 is 0 Å². The Hall–Kier alpha value is -2.02. The van der Waals surface area contributed by atoms with Gasteiger partial charge in [0.05, 0.1) is 21.8 Å². The number of pyridine rings is 1. The molecule has 5 nitrogen and oxygen atoms in total. The molecule has 0 saturated carbocycles. The SMILES string of the molecule is OCc1ccc2nc(CCCN3CCN(c4ccccn4)CC3)sc2c1. The van der Waals surface area contributed by atoms with Crippen LogP contribution in [0.4, 0.5) is 5.82 Å². The molecule has 0 unspecified atom stereocenters. The van der Waals surface area contributed by atoms with E-state index in [0.717, 1.165) is 62.5 Å². The largest absolute Gasteiger partial charge is 0.392 e. The number of fused-ring (bicyclic) bond motifs is 1. The standard InChI is InChI=1S/C20H24N4OS/c25-15-16-6-7-17-18(14-16)26-20(22-17)5-3-9-23-10-12-24(13-11-23)19-4-1-2-8-21-19/h1-2,4,6-8,14,25H,3,5,9-13,15H2. The number of nitrogens with zero attached hydrogens (tertiary/aromatic N) is 4. The summed E-state index contributed by atoms with van der Waals surface area (Å²) in [5, 5.41) is 10.4. The Labute approximate surface area is 157 Å². The highest BCUT2D eigenvalue weighted by Gasteiger charge is 2.17. The molecule has 1 fully saturated rings. The van der Waals surface area contributed by atoms with Crippen molar-refractivity contribution in [3.63, 3.8) is 0 Å². The number of aromatic nitrogens is 2. The fraction of sp³-hybridized carbons (Fsp3) is 0.400. The molecule has 0 bridgehead atoms. The van der Waals surface area contributed by atoms with Gasteiger partial charge in [-0.15, -0.1) is 11.3 Å². The van der Waals surface area contributed by atoms with Crippen molar-refractivity contribution in [1.82, 2.24) is 14.9 Å². The normalized spacial score (nSPS) is 15.7. The topological polar surface area (TPSA) is 52.5 Å². The van der Waals surface area contributed by atoms with Gasteiger partial charge in [0.1, 0.15) is 5.82 Å². The lowest BCUT2D eigenvalue weighted by atomic mass is 10.2. The molecule has 0 atom stereocenters. The maximum Gasteiger partial charge on any atom is 0.128 e. The molecule has 2 aromatic heterocycles. The van der Waals surface area contributed by atoms with Gasteiger partial charge in [0, 0.05) is 38.8 Å². The molecule has 3 heterocycles. The van der Waals surface area contributed by atoms with E-state index in [9.17, 15) is 5.11 Å². The van der Waals surface area contributed by atoms with Gasteiger partial charge in [0.15, 0.2) is 0 Å². The van der Waals surface area contributed by atoms with Crippen molar-refractivity contribution in [2.75, 3.05) is 37.6 Å². The Morgan fingerprint density at radius 2 is 1.96 bits per heavy atom. The van der Waals surface area contributed by atoms with Crippen LogP contribution in [0.2, 0.25) is 0 Å². The number of piperazine rings is 1. The molecule has 136 valence electrons. The van der Waals surface area contributed by atoms with E-state index in [1.165, 1.54) is 9.71 Å². The van der Waals surface area contributed by atoms with Crippen molar-refractivity contribution in [1.29, 1.82) is 0 Å². The highest BCUT2D eigenvalue weighted by atomic mass is 32.1. The van der Waals surface area contributed by atoms with Gasteiger partial charge in [0.2, 0.25) is 0 Å². The summed E-state index contributed by atoms with van der Waals surface area (Å²) in [4.78, 5) is 14.1. The molecule has 1 N–H and O–H groups in total. The number of hydrogen-bond acceptors (Lipinski definition) is 6. The van der Waals surface area contributed by atoms with E-state index in [4.69, 9.17) is 4.98 Å². The quantitative estimate of drug-likeness (QED) is 0.725. The molecule has 4 rings (SSSR count). The van der Waals surface area contributed by atoms with E-state index in [1.54, 1.807) is 11.3 Å². The zero-order valence-corrected chi connectivity index (χ0v) is 15.7. The lowest BCUT2D eigenvalue weighted by Gasteiger charge is -2.35. The summed E-state index contributed by atoms with van der Waals surface area (Å²) < 4.78 is 1.18. The van der Waals surface area contributed by atoms with E-state index < -0.39 is 0 Å². The van der Waals surface area contributed by atoms with Gasteiger partial charge in [-0.1, -0.05) is 12.1 Å². The van der Waals surface area contributed by atoms with Crippen molar-refractivity contribution >= 4 is 27.4 Å². The van der Waals surface area contributed by atoms with E-state index in [-0.39, 0.29) is 6.61 Å². The molecule has 0 amide bonds. The highest BCUT2D eigenvalue weighted by Crippen LogP contribution is 2.24. The summed E-state index contributed by atoms with van der Waals surface area (Å²) in [6.45, 7) is 5.48. The molecule has 6 heteroatoms. The summed E-state index contributed by atoms with van der Waals surface area (Å²) in [6, 6.07) is 12.1. The minimum absolute atomic E-state index is 0.0909. The van der Waals surface area contributed by atoms with Gasteiger partial charge in [-0.05, 0) is 42.8 Å². The zero-order valence-electron chi connectivity index (χ0n) is 14.8. The average molecular weight is 369 g/mol. The number of aliphatic hydroxyl groups excluding tert-OH is 1. The summed E-state index contributed by atoms with van der Waals surface area (Å²) in [5.74, 6) is 1.09. The predicted octanol–water partition coefficient (Wildman–Crippen LogP) is 2.94. The molecule has 0 spiro atoms. The first-order chi connectivity index (χ1) is 12.8. The highest BCUT2D eigenvalue weighted by molar-refractivity contribution is 7.18. The number of anilines is 1. The number of thiazole rings is 1. The lowest BCUT2D eigenvalue weighted by Crippen LogP contribution is -2.46. The van der Waals surface area contributed by atoms with Gasteiger partial charge in [0.25, 0.3) is 0 Å². The minimum Gasteiger partial charge on any atom is -0.392 e. The van der Waals surface area contributed by atoms with Crippen LogP contribution >= 0.6 is 11.3 Å². The smallest absolute Gasteiger partial charge is 0.128 e. The van der Waals surface area contributed by atoms with Crippen LogP contribution in [-0.4, -0.2) is 52.7 Å². The van der Waals surface area contributed by atoms with Gasteiger partial charge >= 0.3 is 0 Å². The summed E-state index contributed by atoms with van der Waals surface area (Å²) in [7, 11) is 0. The second-order valence-electron chi connectivity index (χ2n) is 6.69. The molecular formula is C20H24N4OS. The second kappa shape index (κ2) is 8.12. The molecule has 1 aromatic carbocycles. The Bertz CT molecular complexity index is 843. The monoisotopic (exact) mass is 368 g/mol. The first-order valence-electron chi connectivity index (χ1n) is 9.19. The molecule has 1 aliphatic rings. The number of benzene rings is 1. The van der Waals surface area contributed by atoms with E-state index in [0.29, 0.717) is 0 Å². The van der Waals surface area contributed by atoms with Crippen LogP contribution in [0.25, 0.3) is 10.2 Å². The molecule has 3 aromatic rings. The van der Waals surface area contributed by atoms with Crippen LogP contribution in [0.3, 0.4) is 0 Å². The van der Waals surface area contributed by atoms with Crippen LogP contribution in [0.5, 0.6) is 0 Å². The number of hydrogen-bond donors (Lipinski definition) is 1. The Morgan fingerprint density at radius 1 is 1.08 bits per heavy atom. The number of aliphatic hydroxyl groups is 1. The van der Waals surface area contributed by atoms with E-state index in [1.807, 2.05) is 30.5 Å². The third-order valence-electron chi connectivity index (χ3n) is 4.89. The number of aryl methyl sites for hydroxylation is 1. The van der Waals surface area contributed by atoms with Crippen molar-refractivity contribution in [3.8, 4) is 0 Å². The van der Waals surface area contributed by atoms with Gasteiger partial charge in [-0.2, -0.15) is 0 Å². The Balaban J connectivity index is 1.25. The van der Waals surface area contributed by atoms with Crippen LogP contribution in [0, 0.1) is 0 Å². The summed E-state index contributed by atoms with van der Waals surface area (Å²) in [6.07, 6.45) is 4.02. The van der Waals surface area contributed by atoms with Gasteiger partial charge < -0.3 is 10.0 Å². The molecule has 0 radical (unpaired) electrons. The van der Waals surface area contributed by atoms with Crippen LogP contribution in [0.1, 0.15) is 17.0 Å². The van der Waals surface area contributed by atoms with E-state index in [2.05, 4.69) is 26.9 Å². The van der Waals surface area contributed by atoms with Crippen molar-refractivity contribution < 1.29 is 5.11 Å². The first-order valence-corrected chi connectivity index (χ1v) is 10.0. The molecule has 0 aliphatic carbocycles. The molecule has 1 saturated heterocycles. The average Bonchev–Trinajstić information content (AvgIpc) is 3.11. The third kappa shape index (κ3) is 4.03. The third-order valence-corrected chi connectivity index (χ3v) is 5.97.